The van der Waals surface area contributed by atoms with Crippen molar-refractivity contribution in [1.29, 1.82) is 0 Å². The fourth-order valence-corrected chi connectivity index (χ4v) is 6.54. The third-order valence-corrected chi connectivity index (χ3v) is 8.49. The van der Waals surface area contributed by atoms with Crippen molar-refractivity contribution in [3.63, 3.8) is 0 Å². The molecule has 184 valence electrons. The quantitative estimate of drug-likeness (QED) is 0.256. The number of benzene rings is 3. The van der Waals surface area contributed by atoms with Gasteiger partial charge in [-0.3, -0.25) is 9.69 Å². The molecule has 0 saturated carbocycles. The van der Waals surface area contributed by atoms with Crippen LogP contribution in [0.15, 0.2) is 84.9 Å². The van der Waals surface area contributed by atoms with Crippen LogP contribution in [0.25, 0.3) is 32.6 Å². The Kier molecular flexibility index (Phi) is 6.10. The number of nitrogens with zero attached hydrogens (tertiary/aromatic N) is 2. The Morgan fingerprint density at radius 2 is 1.70 bits per heavy atom. The molecule has 0 spiro atoms. The number of methoxy groups -OCH3 is 1. The van der Waals surface area contributed by atoms with Gasteiger partial charge in [0.15, 0.2) is 5.50 Å². The lowest BCUT2D eigenvalue weighted by molar-refractivity contribution is 0.0987. The normalized spacial score (nSPS) is 14.9. The third kappa shape index (κ3) is 4.04. The summed E-state index contributed by atoms with van der Waals surface area (Å²) in [6, 6.07) is 28.4. The number of para-hydroxylation sites is 1. The van der Waals surface area contributed by atoms with E-state index in [0.717, 1.165) is 55.3 Å². The van der Waals surface area contributed by atoms with Crippen LogP contribution in [-0.2, 0) is 0 Å². The molecule has 37 heavy (non-hydrogen) atoms. The van der Waals surface area contributed by atoms with Crippen molar-refractivity contribution in [2.45, 2.75) is 12.4 Å². The fourth-order valence-electron chi connectivity index (χ4n) is 4.78. The Balaban J connectivity index is 1.57. The van der Waals surface area contributed by atoms with Crippen LogP contribution < -0.4 is 15.0 Å². The molecule has 0 bridgehead atoms. The summed E-state index contributed by atoms with van der Waals surface area (Å²) in [5, 5.41) is 4.67. The van der Waals surface area contributed by atoms with Crippen LogP contribution >= 0.6 is 23.1 Å². The van der Waals surface area contributed by atoms with Crippen LogP contribution in [0.2, 0.25) is 0 Å². The maximum absolute atomic E-state index is 14.0. The van der Waals surface area contributed by atoms with Crippen molar-refractivity contribution in [2.75, 3.05) is 23.6 Å². The highest BCUT2D eigenvalue weighted by Crippen LogP contribution is 2.47. The van der Waals surface area contributed by atoms with Gasteiger partial charge in [-0.2, -0.15) is 0 Å². The number of rotatable bonds is 5. The van der Waals surface area contributed by atoms with Crippen molar-refractivity contribution in [1.82, 2.24) is 4.98 Å². The number of thioether (sulfide) groups is 1. The van der Waals surface area contributed by atoms with Gasteiger partial charge in [-0.25, -0.2) is 4.98 Å². The number of hydrogen-bond acceptors (Lipinski definition) is 6. The fraction of sp³-hybridized carbons (Fsp3) is 0.133. The first-order valence-corrected chi connectivity index (χ1v) is 14.1. The minimum Gasteiger partial charge on any atom is -0.497 e. The molecule has 0 fully saturated rings. The number of aryl methyl sites for hydroxylation is 1. The molecule has 0 aliphatic carbocycles. The molecular formula is C30H25N3O2S2. The second kappa shape index (κ2) is 9.57. The molecule has 3 heterocycles. The Morgan fingerprint density at radius 1 is 0.973 bits per heavy atom. The van der Waals surface area contributed by atoms with E-state index in [4.69, 9.17) is 9.72 Å². The van der Waals surface area contributed by atoms with Crippen molar-refractivity contribution >= 4 is 50.6 Å². The Morgan fingerprint density at radius 3 is 2.41 bits per heavy atom. The van der Waals surface area contributed by atoms with E-state index in [1.165, 1.54) is 11.3 Å². The van der Waals surface area contributed by atoms with E-state index in [2.05, 4.69) is 23.5 Å². The van der Waals surface area contributed by atoms with Gasteiger partial charge < -0.3 is 10.1 Å². The molecule has 6 rings (SSSR count). The van der Waals surface area contributed by atoms with Crippen LogP contribution in [0.5, 0.6) is 5.75 Å². The minimum atomic E-state index is -0.233. The van der Waals surface area contributed by atoms with Gasteiger partial charge in [0.25, 0.3) is 5.91 Å². The van der Waals surface area contributed by atoms with Crippen molar-refractivity contribution in [3.05, 3.63) is 95.4 Å². The zero-order valence-electron chi connectivity index (χ0n) is 20.7. The lowest BCUT2D eigenvalue weighted by atomic mass is 9.99. The molecule has 1 unspecified atom stereocenters. The van der Waals surface area contributed by atoms with E-state index in [-0.39, 0.29) is 11.4 Å². The van der Waals surface area contributed by atoms with E-state index in [9.17, 15) is 4.79 Å². The van der Waals surface area contributed by atoms with Crippen molar-refractivity contribution in [3.8, 4) is 28.1 Å². The van der Waals surface area contributed by atoms with Gasteiger partial charge in [0, 0.05) is 16.6 Å². The van der Waals surface area contributed by atoms with Crippen LogP contribution in [0.4, 0.5) is 11.4 Å². The van der Waals surface area contributed by atoms with Gasteiger partial charge in [0.1, 0.15) is 15.5 Å². The molecule has 0 saturated heterocycles. The van der Waals surface area contributed by atoms with Gasteiger partial charge in [-0.05, 0) is 66.3 Å². The van der Waals surface area contributed by atoms with E-state index < -0.39 is 0 Å². The summed E-state index contributed by atoms with van der Waals surface area (Å²) in [6.45, 7) is 2.04. The first-order chi connectivity index (χ1) is 18.1. The highest BCUT2D eigenvalue weighted by Gasteiger charge is 2.37. The summed E-state index contributed by atoms with van der Waals surface area (Å²) >= 11 is 3.06. The molecule has 1 aliphatic rings. The summed E-state index contributed by atoms with van der Waals surface area (Å²) in [5.41, 5.74) is 6.60. The number of aromatic nitrogens is 1. The average Bonchev–Trinajstić information content (AvgIpc) is 3.32. The zero-order valence-corrected chi connectivity index (χ0v) is 22.3. The second-order valence-electron chi connectivity index (χ2n) is 8.83. The summed E-state index contributed by atoms with van der Waals surface area (Å²) in [7, 11) is 1.66. The molecule has 2 aromatic heterocycles. The van der Waals surface area contributed by atoms with Gasteiger partial charge in [-0.1, -0.05) is 48.5 Å². The number of anilines is 2. The van der Waals surface area contributed by atoms with Crippen LogP contribution in [0, 0.1) is 6.92 Å². The Bertz CT molecular complexity index is 1610. The first kappa shape index (κ1) is 23.6. The summed E-state index contributed by atoms with van der Waals surface area (Å²) in [5.74, 6) is 0.796. The third-order valence-electron chi connectivity index (χ3n) is 6.65. The molecule has 1 amide bonds. The molecule has 3 aromatic carbocycles. The maximum atomic E-state index is 14.0. The largest absolute Gasteiger partial charge is 0.497 e. The number of carbonyl (C=O) groups excluding carboxylic acids is 1. The summed E-state index contributed by atoms with van der Waals surface area (Å²) in [6.07, 6.45) is 2.02. The standard InChI is InChI=1S/C30H25N3O2S2/c1-18-9-7-8-12-24(18)33-29(34)27-26(32-30(33)36-3)25-22(19-10-5-4-6-11-19)17-23(31-28(25)37-27)20-13-15-21(35-2)16-14-20/h4-17,30,32H,1-3H3. The number of carbonyl (C=O) groups is 1. The number of nitrogens with one attached hydrogen (secondary N) is 1. The molecule has 5 aromatic rings. The lowest BCUT2D eigenvalue weighted by Gasteiger charge is -2.36. The number of amides is 1. The monoisotopic (exact) mass is 523 g/mol. The van der Waals surface area contributed by atoms with E-state index in [0.29, 0.717) is 4.88 Å². The van der Waals surface area contributed by atoms with Gasteiger partial charge in [0.2, 0.25) is 0 Å². The minimum absolute atomic E-state index is 0.00425. The lowest BCUT2D eigenvalue weighted by Crippen LogP contribution is -2.46. The number of hydrogen-bond donors (Lipinski definition) is 1. The number of thiophene rings is 1. The van der Waals surface area contributed by atoms with Gasteiger partial charge in [0.05, 0.1) is 18.5 Å². The predicted molar refractivity (Wildman–Crippen MR) is 156 cm³/mol. The highest BCUT2D eigenvalue weighted by atomic mass is 32.2. The summed E-state index contributed by atoms with van der Waals surface area (Å²) in [4.78, 5) is 22.5. The van der Waals surface area contributed by atoms with Crippen molar-refractivity contribution in [2.24, 2.45) is 0 Å². The van der Waals surface area contributed by atoms with Crippen LogP contribution in [0.1, 0.15) is 15.2 Å². The SMILES string of the molecule is COc1ccc(-c2cc(-c3ccccc3)c3c4c(sc3n2)C(=O)N(c2ccccc2C)C(SC)N4)cc1. The number of fused-ring (bicyclic) bond motifs is 3. The second-order valence-corrected chi connectivity index (χ2v) is 10.7. The van der Waals surface area contributed by atoms with E-state index >= 15 is 0 Å². The molecule has 1 N–H and O–H groups in total. The van der Waals surface area contributed by atoms with E-state index in [1.807, 2.05) is 84.8 Å². The predicted octanol–water partition coefficient (Wildman–Crippen LogP) is 7.67. The Hall–Kier alpha value is -3.81. The number of pyridine rings is 1. The first-order valence-electron chi connectivity index (χ1n) is 11.9. The Labute approximate surface area is 224 Å². The van der Waals surface area contributed by atoms with Crippen LogP contribution in [-0.4, -0.2) is 29.8 Å². The van der Waals surface area contributed by atoms with Crippen molar-refractivity contribution < 1.29 is 9.53 Å². The molecule has 7 heteroatoms. The van der Waals surface area contributed by atoms with Crippen LogP contribution in [0.3, 0.4) is 0 Å². The molecule has 0 radical (unpaired) electrons. The molecule has 1 atom stereocenters. The topological polar surface area (TPSA) is 54.5 Å². The van der Waals surface area contributed by atoms with Gasteiger partial charge >= 0.3 is 0 Å². The smallest absolute Gasteiger partial charge is 0.272 e. The van der Waals surface area contributed by atoms with E-state index in [1.54, 1.807) is 18.9 Å². The highest BCUT2D eigenvalue weighted by molar-refractivity contribution is 7.99. The van der Waals surface area contributed by atoms with Gasteiger partial charge in [-0.15, -0.1) is 23.1 Å². The maximum Gasteiger partial charge on any atom is 0.272 e. The summed E-state index contributed by atoms with van der Waals surface area (Å²) < 4.78 is 5.34. The number of ether oxygens (including phenoxy) is 1. The molecular weight excluding hydrogens is 498 g/mol. The zero-order chi connectivity index (χ0) is 25.5. The average molecular weight is 524 g/mol. The molecule has 1 aliphatic heterocycles. The molecule has 5 nitrogen and oxygen atoms in total.